The van der Waals surface area contributed by atoms with Crippen LogP contribution in [0.3, 0.4) is 0 Å². The van der Waals surface area contributed by atoms with Crippen LogP contribution in [0.2, 0.25) is 0 Å². The maximum absolute atomic E-state index is 12.3. The minimum Gasteiger partial charge on any atom is -0.491 e. The van der Waals surface area contributed by atoms with E-state index in [2.05, 4.69) is 9.97 Å². The number of rotatable bonds is 4. The van der Waals surface area contributed by atoms with E-state index < -0.39 is 5.60 Å². The molecule has 114 valence electrons. The molecule has 0 saturated carbocycles. The van der Waals surface area contributed by atoms with E-state index in [4.69, 9.17) is 4.74 Å². The second-order valence-corrected chi connectivity index (χ2v) is 5.43. The third kappa shape index (κ3) is 3.23. The van der Waals surface area contributed by atoms with Gasteiger partial charge in [0.15, 0.2) is 0 Å². The summed E-state index contributed by atoms with van der Waals surface area (Å²) in [6.07, 6.45) is 4.82. The van der Waals surface area contributed by atoms with Gasteiger partial charge in [-0.1, -0.05) is 18.2 Å². The van der Waals surface area contributed by atoms with Crippen LogP contribution < -0.4 is 4.74 Å². The van der Waals surface area contributed by atoms with Crippen LogP contribution in [0.15, 0.2) is 49.1 Å². The summed E-state index contributed by atoms with van der Waals surface area (Å²) in [5, 5.41) is 10.6. The van der Waals surface area contributed by atoms with E-state index in [1.54, 1.807) is 4.90 Å². The summed E-state index contributed by atoms with van der Waals surface area (Å²) in [7, 11) is 0. The quantitative estimate of drug-likeness (QED) is 0.916. The molecule has 6 heteroatoms. The van der Waals surface area contributed by atoms with Gasteiger partial charge in [-0.3, -0.25) is 4.79 Å². The number of amides is 1. The third-order valence-electron chi connectivity index (χ3n) is 3.68. The molecule has 1 aromatic carbocycles. The molecule has 1 amide bonds. The van der Waals surface area contributed by atoms with Gasteiger partial charge in [0.05, 0.1) is 12.1 Å². The lowest BCUT2D eigenvalue weighted by Gasteiger charge is -2.23. The fourth-order valence-corrected chi connectivity index (χ4v) is 2.47. The Morgan fingerprint density at radius 3 is 2.73 bits per heavy atom. The Morgan fingerprint density at radius 1 is 1.27 bits per heavy atom. The summed E-state index contributed by atoms with van der Waals surface area (Å²) >= 11 is 0. The highest BCUT2D eigenvalue weighted by atomic mass is 16.5. The molecule has 1 aliphatic rings. The molecule has 0 aliphatic carbocycles. The summed E-state index contributed by atoms with van der Waals surface area (Å²) in [5.41, 5.74) is -0.600. The Balaban J connectivity index is 1.60. The number of carbonyl (C=O) groups excluding carboxylic acids is 1. The molecule has 0 bridgehead atoms. The summed E-state index contributed by atoms with van der Waals surface area (Å²) in [5.74, 6) is 0.536. The average molecular weight is 299 g/mol. The molecule has 0 radical (unpaired) electrons. The zero-order valence-corrected chi connectivity index (χ0v) is 12.1. The van der Waals surface area contributed by atoms with Gasteiger partial charge in [-0.15, -0.1) is 0 Å². The number of likely N-dealkylation sites (tertiary alicyclic amines) is 1. The van der Waals surface area contributed by atoms with Gasteiger partial charge < -0.3 is 14.7 Å². The highest BCUT2D eigenvalue weighted by Gasteiger charge is 2.39. The number of carbonyl (C=O) groups is 1. The van der Waals surface area contributed by atoms with Gasteiger partial charge in [0.25, 0.3) is 5.91 Å². The van der Waals surface area contributed by atoms with E-state index in [1.807, 2.05) is 30.3 Å². The maximum Gasteiger partial charge on any atom is 0.257 e. The maximum atomic E-state index is 12.3. The van der Waals surface area contributed by atoms with Crippen LogP contribution in [-0.4, -0.2) is 51.2 Å². The first-order valence-corrected chi connectivity index (χ1v) is 7.11. The van der Waals surface area contributed by atoms with E-state index in [0.717, 1.165) is 0 Å². The van der Waals surface area contributed by atoms with Crippen LogP contribution in [0, 0.1) is 0 Å². The Labute approximate surface area is 128 Å². The number of benzene rings is 1. The Kier molecular flexibility index (Phi) is 4.02. The zero-order chi connectivity index (χ0) is 15.4. The lowest BCUT2D eigenvalue weighted by atomic mass is 10.1. The Bertz CT molecular complexity index is 636. The van der Waals surface area contributed by atoms with Crippen molar-refractivity contribution in [1.82, 2.24) is 14.9 Å². The van der Waals surface area contributed by atoms with E-state index in [-0.39, 0.29) is 19.1 Å². The molecule has 1 saturated heterocycles. The minimum absolute atomic E-state index is 0.159. The van der Waals surface area contributed by atoms with Crippen molar-refractivity contribution in [3.05, 3.63) is 54.6 Å². The first-order chi connectivity index (χ1) is 10.7. The second kappa shape index (κ2) is 6.11. The molecule has 0 spiro atoms. The standard InChI is InChI=1S/C16H17N3O3/c20-15(13-8-17-12-18-9-13)19-7-6-16(21,10-19)11-22-14-4-2-1-3-5-14/h1-5,8-9,12,21H,6-7,10-11H2/t16-/m0/s1. The summed E-state index contributed by atoms with van der Waals surface area (Å²) in [6, 6.07) is 9.32. The number of hydrogen-bond donors (Lipinski definition) is 1. The summed E-state index contributed by atoms with van der Waals surface area (Å²) in [4.78, 5) is 21.6. The lowest BCUT2D eigenvalue weighted by Crippen LogP contribution is -2.40. The largest absolute Gasteiger partial charge is 0.491 e. The van der Waals surface area contributed by atoms with Gasteiger partial charge in [-0.2, -0.15) is 0 Å². The van der Waals surface area contributed by atoms with Crippen LogP contribution in [0.4, 0.5) is 0 Å². The van der Waals surface area contributed by atoms with Crippen molar-refractivity contribution in [3.63, 3.8) is 0 Å². The molecule has 2 heterocycles. The van der Waals surface area contributed by atoms with Gasteiger partial charge in [0.1, 0.15) is 24.3 Å². The first-order valence-electron chi connectivity index (χ1n) is 7.11. The van der Waals surface area contributed by atoms with Crippen LogP contribution in [-0.2, 0) is 0 Å². The van der Waals surface area contributed by atoms with Gasteiger partial charge in [0, 0.05) is 18.9 Å². The Morgan fingerprint density at radius 2 is 2.00 bits per heavy atom. The van der Waals surface area contributed by atoms with Gasteiger partial charge in [-0.05, 0) is 18.6 Å². The molecule has 1 atom stereocenters. The second-order valence-electron chi connectivity index (χ2n) is 5.43. The number of para-hydroxylation sites is 1. The monoisotopic (exact) mass is 299 g/mol. The van der Waals surface area contributed by atoms with Gasteiger partial charge in [-0.25, -0.2) is 9.97 Å². The van der Waals surface area contributed by atoms with E-state index in [1.165, 1.54) is 18.7 Å². The first kappa shape index (κ1) is 14.5. The van der Waals surface area contributed by atoms with Crippen molar-refractivity contribution in [1.29, 1.82) is 0 Å². The number of ether oxygens (including phenoxy) is 1. The summed E-state index contributed by atoms with van der Waals surface area (Å²) in [6.45, 7) is 0.891. The highest BCUT2D eigenvalue weighted by Crippen LogP contribution is 2.24. The van der Waals surface area contributed by atoms with Crippen LogP contribution in [0.1, 0.15) is 16.8 Å². The summed E-state index contributed by atoms with van der Waals surface area (Å²) < 4.78 is 5.61. The average Bonchev–Trinajstić information content (AvgIpc) is 2.97. The van der Waals surface area contributed by atoms with Gasteiger partial charge in [0.2, 0.25) is 0 Å². The molecule has 0 unspecified atom stereocenters. The minimum atomic E-state index is -1.03. The normalized spacial score (nSPS) is 20.9. The van der Waals surface area contributed by atoms with Crippen LogP contribution >= 0.6 is 0 Å². The van der Waals surface area contributed by atoms with Crippen molar-refractivity contribution >= 4 is 5.91 Å². The Hall–Kier alpha value is -2.47. The fourth-order valence-electron chi connectivity index (χ4n) is 2.47. The van der Waals surface area contributed by atoms with E-state index >= 15 is 0 Å². The molecular weight excluding hydrogens is 282 g/mol. The lowest BCUT2D eigenvalue weighted by molar-refractivity contribution is 0.00430. The van der Waals surface area contributed by atoms with Crippen molar-refractivity contribution in [2.24, 2.45) is 0 Å². The van der Waals surface area contributed by atoms with Crippen molar-refractivity contribution in [2.45, 2.75) is 12.0 Å². The van der Waals surface area contributed by atoms with Crippen LogP contribution in [0.25, 0.3) is 0 Å². The molecule has 1 N–H and O–H groups in total. The number of hydrogen-bond acceptors (Lipinski definition) is 5. The predicted molar refractivity (Wildman–Crippen MR) is 79.4 cm³/mol. The number of β-amino-alcohol motifs (C(OH)–C–C–N with tert-alkyl or cyclic N) is 1. The SMILES string of the molecule is O=C(c1cncnc1)N1CC[C@@](O)(COc2ccccc2)C1. The fraction of sp³-hybridized carbons (Fsp3) is 0.312. The third-order valence-corrected chi connectivity index (χ3v) is 3.68. The predicted octanol–water partition coefficient (Wildman–Crippen LogP) is 1.13. The van der Waals surface area contributed by atoms with Crippen LogP contribution in [0.5, 0.6) is 5.75 Å². The van der Waals surface area contributed by atoms with E-state index in [9.17, 15) is 9.90 Å². The molecule has 6 nitrogen and oxygen atoms in total. The number of aromatic nitrogens is 2. The number of nitrogens with zero attached hydrogens (tertiary/aromatic N) is 3. The van der Waals surface area contributed by atoms with Crippen molar-refractivity contribution in [3.8, 4) is 5.75 Å². The molecule has 22 heavy (non-hydrogen) atoms. The molecule has 1 fully saturated rings. The van der Waals surface area contributed by atoms with Crippen molar-refractivity contribution < 1.29 is 14.6 Å². The molecule has 1 aromatic heterocycles. The topological polar surface area (TPSA) is 75.6 Å². The van der Waals surface area contributed by atoms with E-state index in [0.29, 0.717) is 24.3 Å². The smallest absolute Gasteiger partial charge is 0.257 e. The molecular formula is C16H17N3O3. The molecule has 3 rings (SSSR count). The van der Waals surface area contributed by atoms with Gasteiger partial charge >= 0.3 is 0 Å². The van der Waals surface area contributed by atoms with Crippen molar-refractivity contribution in [2.75, 3.05) is 19.7 Å². The molecule has 2 aromatic rings. The zero-order valence-electron chi connectivity index (χ0n) is 12.1. The number of aliphatic hydroxyl groups is 1. The highest BCUT2D eigenvalue weighted by molar-refractivity contribution is 5.93. The molecule has 1 aliphatic heterocycles.